The number of sulfonamides is 1. The normalized spacial score (nSPS) is 13.6. The van der Waals surface area contributed by atoms with Crippen LogP contribution >= 0.6 is 27.3 Å². The van der Waals surface area contributed by atoms with Crippen LogP contribution in [0.3, 0.4) is 0 Å². The average Bonchev–Trinajstić information content (AvgIpc) is 2.72. The van der Waals surface area contributed by atoms with Gasteiger partial charge in [-0.15, -0.1) is 11.3 Å². The van der Waals surface area contributed by atoms with Crippen LogP contribution in [0.15, 0.2) is 20.1 Å². The van der Waals surface area contributed by atoms with Gasteiger partial charge in [-0.2, -0.15) is 4.72 Å². The number of carbonyl (C=O) groups is 1. The lowest BCUT2D eigenvalue weighted by Crippen LogP contribution is -2.44. The number of nitrogens with one attached hydrogen (secondary N) is 1. The molecule has 0 aliphatic rings. The maximum atomic E-state index is 12.1. The predicted molar refractivity (Wildman–Crippen MR) is 73.0 cm³/mol. The largest absolute Gasteiger partial charge is 0.468 e. The summed E-state index contributed by atoms with van der Waals surface area (Å²) in [6, 6.07) is 2.23. The van der Waals surface area contributed by atoms with Gasteiger partial charge in [0.25, 0.3) is 10.0 Å². The lowest BCUT2D eigenvalue weighted by molar-refractivity contribution is -0.143. The Hall–Kier alpha value is -0.440. The van der Waals surface area contributed by atoms with Gasteiger partial charge in [-0.05, 0) is 34.0 Å². The van der Waals surface area contributed by atoms with Crippen molar-refractivity contribution in [1.29, 1.82) is 0 Å². The van der Waals surface area contributed by atoms with E-state index >= 15 is 0 Å². The Morgan fingerprint density at radius 2 is 2.06 bits per heavy atom. The smallest absolute Gasteiger partial charge is 0.324 e. The molecule has 1 rings (SSSR count). The van der Waals surface area contributed by atoms with Gasteiger partial charge >= 0.3 is 5.97 Å². The second-order valence-electron chi connectivity index (χ2n) is 3.92. The minimum atomic E-state index is -3.70. The Balaban J connectivity index is 2.97. The van der Waals surface area contributed by atoms with Crippen LogP contribution in [0, 0.1) is 5.92 Å². The molecule has 0 fully saturated rings. The molecular weight excluding hydrogens is 342 g/mol. The molecule has 1 atom stereocenters. The van der Waals surface area contributed by atoms with E-state index in [1.54, 1.807) is 19.9 Å². The first kappa shape index (κ1) is 15.6. The summed E-state index contributed by atoms with van der Waals surface area (Å²) in [6.45, 7) is 3.49. The molecule has 0 amide bonds. The lowest BCUT2D eigenvalue weighted by atomic mass is 10.1. The Bertz CT molecular complexity index is 524. The molecule has 0 spiro atoms. The first-order valence-corrected chi connectivity index (χ1v) is 8.22. The van der Waals surface area contributed by atoms with Gasteiger partial charge < -0.3 is 4.74 Å². The highest BCUT2D eigenvalue weighted by Crippen LogP contribution is 2.26. The maximum Gasteiger partial charge on any atom is 0.324 e. The second kappa shape index (κ2) is 6.14. The van der Waals surface area contributed by atoms with E-state index in [0.29, 0.717) is 3.79 Å². The van der Waals surface area contributed by atoms with E-state index < -0.39 is 22.0 Å². The monoisotopic (exact) mass is 355 g/mol. The van der Waals surface area contributed by atoms with Gasteiger partial charge in [-0.1, -0.05) is 13.8 Å². The summed E-state index contributed by atoms with van der Waals surface area (Å²) >= 11 is 4.28. The predicted octanol–water partition coefficient (Wildman–Crippen LogP) is 1.99. The zero-order valence-electron chi connectivity index (χ0n) is 10.1. The lowest BCUT2D eigenvalue weighted by Gasteiger charge is -2.19. The van der Waals surface area contributed by atoms with Crippen LogP contribution in [0.2, 0.25) is 0 Å². The molecule has 0 radical (unpaired) electrons. The highest BCUT2D eigenvalue weighted by Gasteiger charge is 2.29. The van der Waals surface area contributed by atoms with Crippen LogP contribution in [0.5, 0.6) is 0 Å². The summed E-state index contributed by atoms with van der Waals surface area (Å²) < 4.78 is 31.9. The van der Waals surface area contributed by atoms with E-state index in [2.05, 4.69) is 25.4 Å². The summed E-state index contributed by atoms with van der Waals surface area (Å²) in [5.41, 5.74) is 0. The molecule has 0 saturated heterocycles. The van der Waals surface area contributed by atoms with Gasteiger partial charge in [0.1, 0.15) is 10.3 Å². The van der Waals surface area contributed by atoms with E-state index in [1.165, 1.54) is 13.2 Å². The van der Waals surface area contributed by atoms with E-state index in [4.69, 9.17) is 0 Å². The molecule has 0 unspecified atom stereocenters. The third kappa shape index (κ3) is 3.78. The van der Waals surface area contributed by atoms with Gasteiger partial charge in [0.05, 0.1) is 10.9 Å². The highest BCUT2D eigenvalue weighted by molar-refractivity contribution is 9.11. The van der Waals surface area contributed by atoms with E-state index in [1.807, 2.05) is 0 Å². The van der Waals surface area contributed by atoms with Gasteiger partial charge in [-0.3, -0.25) is 4.79 Å². The molecule has 0 aliphatic carbocycles. The van der Waals surface area contributed by atoms with Crippen molar-refractivity contribution in [2.45, 2.75) is 24.1 Å². The molecule has 18 heavy (non-hydrogen) atoms. The van der Waals surface area contributed by atoms with Gasteiger partial charge in [0.15, 0.2) is 0 Å². The van der Waals surface area contributed by atoms with Gasteiger partial charge in [-0.25, -0.2) is 8.42 Å². The fourth-order valence-corrected chi connectivity index (χ4v) is 4.61. The third-order valence-corrected chi connectivity index (χ3v) is 5.77. The molecule has 102 valence electrons. The zero-order chi connectivity index (χ0) is 13.9. The van der Waals surface area contributed by atoms with Gasteiger partial charge in [0, 0.05) is 0 Å². The minimum Gasteiger partial charge on any atom is -0.468 e. The van der Waals surface area contributed by atoms with E-state index in [9.17, 15) is 13.2 Å². The summed E-state index contributed by atoms with van der Waals surface area (Å²) in [5, 5.41) is 0. The van der Waals surface area contributed by atoms with Gasteiger partial charge in [0.2, 0.25) is 0 Å². The Morgan fingerprint density at radius 1 is 1.44 bits per heavy atom. The number of methoxy groups -OCH3 is 1. The molecular formula is C10H14BrNO4S2. The molecule has 1 aromatic heterocycles. The number of thiophene rings is 1. The second-order valence-corrected chi connectivity index (χ2v) is 8.33. The fourth-order valence-electron chi connectivity index (χ4n) is 1.25. The number of hydrogen-bond donors (Lipinski definition) is 1. The molecule has 0 saturated carbocycles. The molecule has 0 aromatic carbocycles. The first-order chi connectivity index (χ1) is 8.27. The SMILES string of the molecule is COC(=O)[C@H](NS(=O)(=O)c1ccc(Br)s1)C(C)C. The Kier molecular flexibility index (Phi) is 5.32. The summed E-state index contributed by atoms with van der Waals surface area (Å²) in [6.07, 6.45) is 0. The van der Waals surface area contributed by atoms with Crippen molar-refractivity contribution < 1.29 is 17.9 Å². The summed E-state index contributed by atoms with van der Waals surface area (Å²) in [5.74, 6) is -0.792. The quantitative estimate of drug-likeness (QED) is 0.819. The molecule has 0 aliphatic heterocycles. The topological polar surface area (TPSA) is 72.5 Å². The van der Waals surface area contributed by atoms with E-state index in [0.717, 1.165) is 11.3 Å². The number of rotatable bonds is 5. The van der Waals surface area contributed by atoms with Crippen LogP contribution in [0.1, 0.15) is 13.8 Å². The van der Waals surface area contributed by atoms with Crippen molar-refractivity contribution in [2.75, 3.05) is 7.11 Å². The van der Waals surface area contributed by atoms with Crippen LogP contribution < -0.4 is 4.72 Å². The van der Waals surface area contributed by atoms with Crippen LogP contribution in [0.4, 0.5) is 0 Å². The number of hydrogen-bond acceptors (Lipinski definition) is 5. The molecule has 1 N–H and O–H groups in total. The Labute approximate surface area is 119 Å². The summed E-state index contributed by atoms with van der Waals surface area (Å²) in [4.78, 5) is 11.5. The van der Waals surface area contributed by atoms with Crippen LogP contribution in [-0.2, 0) is 19.6 Å². The zero-order valence-corrected chi connectivity index (χ0v) is 13.4. The molecule has 1 heterocycles. The van der Waals surface area contributed by atoms with Crippen molar-refractivity contribution in [3.8, 4) is 0 Å². The van der Waals surface area contributed by atoms with Crippen molar-refractivity contribution in [3.63, 3.8) is 0 Å². The number of halogens is 1. The minimum absolute atomic E-state index is 0.156. The molecule has 1 aromatic rings. The highest BCUT2D eigenvalue weighted by atomic mass is 79.9. The molecule has 8 heteroatoms. The third-order valence-electron chi connectivity index (χ3n) is 2.22. The first-order valence-electron chi connectivity index (χ1n) is 5.13. The molecule has 5 nitrogen and oxygen atoms in total. The van der Waals surface area contributed by atoms with Crippen molar-refractivity contribution >= 4 is 43.3 Å². The average molecular weight is 356 g/mol. The Morgan fingerprint density at radius 3 is 2.44 bits per heavy atom. The van der Waals surface area contributed by atoms with Crippen LogP contribution in [0.25, 0.3) is 0 Å². The van der Waals surface area contributed by atoms with Crippen molar-refractivity contribution in [2.24, 2.45) is 5.92 Å². The van der Waals surface area contributed by atoms with Crippen LogP contribution in [-0.4, -0.2) is 27.5 Å². The van der Waals surface area contributed by atoms with Crippen molar-refractivity contribution in [1.82, 2.24) is 4.72 Å². The van der Waals surface area contributed by atoms with Crippen molar-refractivity contribution in [3.05, 3.63) is 15.9 Å². The number of carbonyl (C=O) groups excluding carboxylic acids is 1. The number of ether oxygens (including phenoxy) is 1. The summed E-state index contributed by atoms with van der Waals surface area (Å²) in [7, 11) is -2.47. The number of esters is 1. The van der Waals surface area contributed by atoms with E-state index in [-0.39, 0.29) is 10.1 Å². The maximum absolute atomic E-state index is 12.1. The molecule has 0 bridgehead atoms. The standard InChI is InChI=1S/C10H14BrNO4S2/c1-6(2)9(10(13)16-3)12-18(14,15)8-5-4-7(11)17-8/h4-6,9,12H,1-3H3/t9-/m1/s1. The fraction of sp³-hybridized carbons (Fsp3) is 0.500.